The summed E-state index contributed by atoms with van der Waals surface area (Å²) in [5.74, 6) is 0.399. The van der Waals surface area contributed by atoms with Gasteiger partial charge in [0.05, 0.1) is 17.0 Å². The zero-order valence-corrected chi connectivity index (χ0v) is 23.1. The fourth-order valence-corrected chi connectivity index (χ4v) is 4.96. The molecule has 2 aromatic heterocycles. The van der Waals surface area contributed by atoms with E-state index in [0.717, 1.165) is 39.9 Å². The second kappa shape index (κ2) is 10.9. The number of H-pyrrole nitrogens is 1. The molecular weight excluding hydrogens is 504 g/mol. The van der Waals surface area contributed by atoms with Crippen LogP contribution in [-0.2, 0) is 18.4 Å². The van der Waals surface area contributed by atoms with Gasteiger partial charge in [0.15, 0.2) is 5.82 Å². The van der Waals surface area contributed by atoms with Crippen molar-refractivity contribution in [1.82, 2.24) is 19.7 Å². The predicted molar refractivity (Wildman–Crippen MR) is 155 cm³/mol. The lowest BCUT2D eigenvalue weighted by Gasteiger charge is -2.19. The van der Waals surface area contributed by atoms with E-state index in [2.05, 4.69) is 17.1 Å². The van der Waals surface area contributed by atoms with Crippen LogP contribution >= 0.6 is 0 Å². The molecule has 8 nitrogen and oxygen atoms in total. The molecule has 0 saturated carbocycles. The van der Waals surface area contributed by atoms with Crippen LogP contribution in [0.5, 0.6) is 0 Å². The number of aromatic nitrogens is 4. The molecule has 40 heavy (non-hydrogen) atoms. The number of aryl methyl sites for hydroxylation is 2. The molecule has 5 aromatic rings. The zero-order valence-electron chi connectivity index (χ0n) is 23.1. The molecule has 0 fully saturated rings. The minimum atomic E-state index is -0.966. The molecule has 0 amide bonds. The van der Waals surface area contributed by atoms with E-state index in [-0.39, 0.29) is 5.56 Å². The number of hydrogen-bond donors (Lipinski definition) is 2. The lowest BCUT2D eigenvalue weighted by Crippen LogP contribution is -2.28. The van der Waals surface area contributed by atoms with E-state index < -0.39 is 11.4 Å². The maximum atomic E-state index is 13.9. The van der Waals surface area contributed by atoms with Crippen LogP contribution < -0.4 is 11.3 Å². The van der Waals surface area contributed by atoms with Crippen LogP contribution in [0.4, 0.5) is 0 Å². The first kappa shape index (κ1) is 27.0. The number of nitrogens with zero attached hydrogens (tertiary/aromatic N) is 3. The number of benzene rings is 3. The van der Waals surface area contributed by atoms with Gasteiger partial charge in [-0.05, 0) is 61.6 Å². The monoisotopic (exact) mass is 536 g/mol. The Hall–Kier alpha value is -4.56. The molecule has 2 N–H and O–H groups in total. The first-order chi connectivity index (χ1) is 19.2. The molecule has 0 spiro atoms. The van der Waals surface area contributed by atoms with Gasteiger partial charge in [0, 0.05) is 17.5 Å². The highest BCUT2D eigenvalue weighted by molar-refractivity contribution is 5.80. The van der Waals surface area contributed by atoms with Crippen LogP contribution in [0.15, 0.2) is 86.9 Å². The Balaban J connectivity index is 1.50. The van der Waals surface area contributed by atoms with E-state index >= 15 is 0 Å². The average Bonchev–Trinajstić information content (AvgIpc) is 3.37. The summed E-state index contributed by atoms with van der Waals surface area (Å²) in [6.07, 6.45) is 2.04. The molecule has 0 unspecified atom stereocenters. The lowest BCUT2D eigenvalue weighted by atomic mass is 9.96. The molecule has 5 rings (SSSR count). The quantitative estimate of drug-likeness (QED) is 0.277. The number of hydrogen-bond acceptors (Lipinski definition) is 6. The molecule has 0 radical (unpaired) electrons. The fraction of sp³-hybridized carbons (Fsp3) is 0.250. The van der Waals surface area contributed by atoms with Gasteiger partial charge >= 0.3 is 5.76 Å². The van der Waals surface area contributed by atoms with Gasteiger partial charge in [-0.25, -0.2) is 9.78 Å². The molecule has 0 aliphatic carbocycles. The van der Waals surface area contributed by atoms with E-state index in [1.54, 1.807) is 18.4 Å². The predicted octanol–water partition coefficient (Wildman–Crippen LogP) is 5.32. The van der Waals surface area contributed by atoms with Gasteiger partial charge in [-0.2, -0.15) is 0 Å². The Morgan fingerprint density at radius 1 is 0.950 bits per heavy atom. The highest BCUT2D eigenvalue weighted by Gasteiger charge is 2.19. The smallest absolute Gasteiger partial charge is 0.386 e. The molecule has 2 heterocycles. The van der Waals surface area contributed by atoms with Crippen molar-refractivity contribution in [3.05, 3.63) is 122 Å². The third-order valence-corrected chi connectivity index (χ3v) is 7.02. The normalized spacial score (nSPS) is 11.6. The third kappa shape index (κ3) is 5.44. The summed E-state index contributed by atoms with van der Waals surface area (Å²) in [5.41, 5.74) is 5.52. The van der Waals surface area contributed by atoms with Gasteiger partial charge in [0.2, 0.25) is 0 Å². The topological polar surface area (TPSA) is 114 Å². The Morgan fingerprint density at radius 2 is 1.62 bits per heavy atom. The molecule has 3 aromatic carbocycles. The molecule has 0 aliphatic rings. The molecule has 0 atom stereocenters. The van der Waals surface area contributed by atoms with Gasteiger partial charge in [-0.1, -0.05) is 79.2 Å². The van der Waals surface area contributed by atoms with Crippen LogP contribution in [0.1, 0.15) is 55.4 Å². The summed E-state index contributed by atoms with van der Waals surface area (Å²) < 4.78 is 6.34. The van der Waals surface area contributed by atoms with E-state index in [0.29, 0.717) is 35.7 Å². The Kier molecular flexibility index (Phi) is 7.36. The van der Waals surface area contributed by atoms with Crippen LogP contribution in [0.25, 0.3) is 28.2 Å². The summed E-state index contributed by atoms with van der Waals surface area (Å²) in [6, 6.07) is 23.0. The summed E-state index contributed by atoms with van der Waals surface area (Å²) in [5, 5.41) is 14.2. The molecule has 8 heteroatoms. The first-order valence-corrected chi connectivity index (χ1v) is 13.3. The molecule has 0 bridgehead atoms. The van der Waals surface area contributed by atoms with E-state index in [9.17, 15) is 14.7 Å². The minimum Gasteiger partial charge on any atom is -0.386 e. The zero-order chi connectivity index (χ0) is 28.4. The molecule has 0 aliphatic heterocycles. The molecule has 204 valence electrons. The van der Waals surface area contributed by atoms with Crippen molar-refractivity contribution in [2.45, 2.75) is 52.6 Å². The fourth-order valence-electron chi connectivity index (χ4n) is 4.96. The minimum absolute atomic E-state index is 0.0867. The summed E-state index contributed by atoms with van der Waals surface area (Å²) in [7, 11) is 0. The van der Waals surface area contributed by atoms with E-state index in [1.165, 1.54) is 0 Å². The summed E-state index contributed by atoms with van der Waals surface area (Å²) in [6.45, 7) is 7.40. The molecule has 0 saturated heterocycles. The Labute approximate surface area is 232 Å². The number of rotatable bonds is 8. The number of aromatic amines is 1. The van der Waals surface area contributed by atoms with Gasteiger partial charge in [0.1, 0.15) is 5.82 Å². The maximum Gasteiger partial charge on any atom is 0.439 e. The molecular formula is C32H32N4O4. The van der Waals surface area contributed by atoms with Crippen molar-refractivity contribution in [2.75, 3.05) is 0 Å². The van der Waals surface area contributed by atoms with Gasteiger partial charge < -0.3 is 5.11 Å². The van der Waals surface area contributed by atoms with Crippen molar-refractivity contribution < 1.29 is 9.63 Å². The summed E-state index contributed by atoms with van der Waals surface area (Å²) in [4.78, 5) is 32.9. The van der Waals surface area contributed by atoms with E-state index in [1.807, 2.05) is 79.7 Å². The highest BCUT2D eigenvalue weighted by Crippen LogP contribution is 2.30. The SMILES string of the molecule is CCCc1nc(C)n(-c2ccc(C(C)(C)O)cc2)c(=O)c1Cc1ccc(-c2ccccc2-c2noc(=O)[nH]2)cc1. The third-order valence-electron chi connectivity index (χ3n) is 7.02. The number of aliphatic hydroxyl groups is 1. The Morgan fingerprint density at radius 3 is 2.23 bits per heavy atom. The standard InChI is InChI=1S/C32H32N4O4/c1-5-8-28-27(30(37)36(20(2)33-28)24-17-15-23(16-18-24)32(3,4)39)19-21-11-13-22(14-12-21)25-9-6-7-10-26(25)29-34-31(38)40-35-29/h6-7,9-18,39H,5,8,19H2,1-4H3,(H,34,35,38). The van der Waals surface area contributed by atoms with Crippen molar-refractivity contribution in [1.29, 1.82) is 0 Å². The summed E-state index contributed by atoms with van der Waals surface area (Å²) >= 11 is 0. The van der Waals surface area contributed by atoms with Crippen LogP contribution in [-0.4, -0.2) is 24.8 Å². The van der Waals surface area contributed by atoms with Gasteiger partial charge in [0.25, 0.3) is 5.56 Å². The van der Waals surface area contributed by atoms with Crippen molar-refractivity contribution in [3.63, 3.8) is 0 Å². The number of nitrogens with one attached hydrogen (secondary N) is 1. The van der Waals surface area contributed by atoms with Crippen molar-refractivity contribution >= 4 is 0 Å². The maximum absolute atomic E-state index is 13.9. The largest absolute Gasteiger partial charge is 0.439 e. The van der Waals surface area contributed by atoms with Crippen LogP contribution in [0, 0.1) is 6.92 Å². The van der Waals surface area contributed by atoms with Crippen LogP contribution in [0.2, 0.25) is 0 Å². The van der Waals surface area contributed by atoms with Gasteiger partial charge in [-0.15, -0.1) is 0 Å². The second-order valence-corrected chi connectivity index (χ2v) is 10.4. The first-order valence-electron chi connectivity index (χ1n) is 13.3. The van der Waals surface area contributed by atoms with Crippen molar-refractivity contribution in [2.24, 2.45) is 0 Å². The van der Waals surface area contributed by atoms with E-state index in [4.69, 9.17) is 9.51 Å². The van der Waals surface area contributed by atoms with Crippen LogP contribution in [0.3, 0.4) is 0 Å². The second-order valence-electron chi connectivity index (χ2n) is 10.4. The Bertz CT molecular complexity index is 1760. The lowest BCUT2D eigenvalue weighted by molar-refractivity contribution is 0.0786. The van der Waals surface area contributed by atoms with Gasteiger partial charge in [-0.3, -0.25) is 18.9 Å². The van der Waals surface area contributed by atoms with Crippen molar-refractivity contribution in [3.8, 4) is 28.2 Å². The highest BCUT2D eigenvalue weighted by atomic mass is 16.5. The average molecular weight is 537 g/mol.